The first-order chi connectivity index (χ1) is 13.4. The molecule has 1 saturated carbocycles. The van der Waals surface area contributed by atoms with Crippen molar-refractivity contribution in [3.63, 3.8) is 0 Å². The van der Waals surface area contributed by atoms with Gasteiger partial charge in [0.1, 0.15) is 24.4 Å². The molecule has 1 aliphatic heterocycles. The zero-order chi connectivity index (χ0) is 21.7. The Balaban J connectivity index is 1.95. The van der Waals surface area contributed by atoms with E-state index in [0.29, 0.717) is 19.3 Å². The molecule has 3 rings (SSSR count). The van der Waals surface area contributed by atoms with Crippen LogP contribution in [0.5, 0.6) is 0 Å². The van der Waals surface area contributed by atoms with E-state index in [1.165, 1.54) is 0 Å². The first-order valence-corrected chi connectivity index (χ1v) is 10.4. The summed E-state index contributed by atoms with van der Waals surface area (Å²) in [6, 6.07) is 0. The van der Waals surface area contributed by atoms with Gasteiger partial charge in [0, 0.05) is 17.3 Å². The monoisotopic (exact) mass is 416 g/mol. The Morgan fingerprint density at radius 3 is 2.41 bits per heavy atom. The summed E-state index contributed by atoms with van der Waals surface area (Å²) in [5, 5.41) is 61.7. The van der Waals surface area contributed by atoms with Crippen molar-refractivity contribution in [2.75, 3.05) is 6.61 Å². The van der Waals surface area contributed by atoms with E-state index < -0.39 is 60.5 Å². The minimum Gasteiger partial charge on any atom is -0.394 e. The van der Waals surface area contributed by atoms with Gasteiger partial charge in [0.25, 0.3) is 0 Å². The topological polar surface area (TPSA) is 140 Å². The van der Waals surface area contributed by atoms with Crippen LogP contribution in [-0.4, -0.2) is 85.8 Å². The lowest BCUT2D eigenvalue weighted by Crippen LogP contribution is -2.63. The molecule has 0 unspecified atom stereocenters. The van der Waals surface area contributed by atoms with E-state index >= 15 is 0 Å². The van der Waals surface area contributed by atoms with Crippen molar-refractivity contribution in [3.05, 3.63) is 11.6 Å². The summed E-state index contributed by atoms with van der Waals surface area (Å²) in [4.78, 5) is 0. The number of aliphatic hydroxyl groups excluding tert-OH is 5. The van der Waals surface area contributed by atoms with Crippen LogP contribution >= 0.6 is 0 Å². The molecule has 0 aromatic carbocycles. The van der Waals surface area contributed by atoms with Crippen LogP contribution in [0.15, 0.2) is 11.6 Å². The molecule has 0 aromatic heterocycles. The van der Waals surface area contributed by atoms with E-state index in [0.717, 1.165) is 5.57 Å². The van der Waals surface area contributed by atoms with Crippen LogP contribution in [-0.2, 0) is 9.47 Å². The van der Waals surface area contributed by atoms with Gasteiger partial charge in [0.05, 0.1) is 24.4 Å². The molecule has 168 valence electrons. The van der Waals surface area contributed by atoms with Crippen LogP contribution in [0.1, 0.15) is 47.0 Å². The van der Waals surface area contributed by atoms with Gasteiger partial charge in [-0.1, -0.05) is 18.6 Å². The molecule has 0 aromatic rings. The molecule has 0 spiro atoms. The quantitative estimate of drug-likeness (QED) is 0.343. The molecule has 8 heteroatoms. The van der Waals surface area contributed by atoms with E-state index in [9.17, 15) is 30.6 Å². The van der Waals surface area contributed by atoms with Gasteiger partial charge in [0.15, 0.2) is 6.29 Å². The smallest absolute Gasteiger partial charge is 0.187 e. The van der Waals surface area contributed by atoms with E-state index in [1.807, 2.05) is 19.9 Å². The van der Waals surface area contributed by atoms with Crippen molar-refractivity contribution in [2.24, 2.45) is 17.3 Å². The van der Waals surface area contributed by atoms with Crippen LogP contribution < -0.4 is 0 Å². The molecule has 29 heavy (non-hydrogen) atoms. The predicted molar refractivity (Wildman–Crippen MR) is 104 cm³/mol. The SMILES string of the molecule is CC1=CC[C@@H](O)[C@]2(C)CC[C@@H](C(C)(C)O)[C@@H](O[C@@H]3O[C@H](CO)[C@@H](O)[C@H](O)[C@H]3O)[C@@H]12. The second-order valence-electron chi connectivity index (χ2n) is 9.78. The van der Waals surface area contributed by atoms with Gasteiger partial charge in [-0.2, -0.15) is 0 Å². The fourth-order valence-corrected chi connectivity index (χ4v) is 5.50. The van der Waals surface area contributed by atoms with Crippen molar-refractivity contribution in [2.45, 2.75) is 95.5 Å². The standard InChI is InChI=1S/C21H36O8/c1-10-5-6-13(23)21(4)8-7-11(20(2,3)27)18(14(10)21)29-19-17(26)16(25)15(24)12(9-22)28-19/h5,11-19,22-27H,6-9H2,1-4H3/t11-,12-,13-,14-,15-,16+,17-,18-,19+,21+/m1/s1. The fourth-order valence-electron chi connectivity index (χ4n) is 5.50. The Morgan fingerprint density at radius 1 is 1.17 bits per heavy atom. The van der Waals surface area contributed by atoms with Crippen LogP contribution in [0.2, 0.25) is 0 Å². The fraction of sp³-hybridized carbons (Fsp3) is 0.905. The third kappa shape index (κ3) is 4.02. The van der Waals surface area contributed by atoms with E-state index in [2.05, 4.69) is 0 Å². The number of hydrogen-bond donors (Lipinski definition) is 6. The minimum atomic E-state index is -1.53. The third-order valence-corrected chi connectivity index (χ3v) is 7.39. The highest BCUT2D eigenvalue weighted by atomic mass is 16.7. The molecule has 1 saturated heterocycles. The maximum absolute atomic E-state index is 10.8. The van der Waals surface area contributed by atoms with Gasteiger partial charge < -0.3 is 40.1 Å². The van der Waals surface area contributed by atoms with Crippen LogP contribution in [0, 0.1) is 17.3 Å². The zero-order valence-electron chi connectivity index (χ0n) is 17.6. The first-order valence-electron chi connectivity index (χ1n) is 10.4. The predicted octanol–water partition coefficient (Wildman–Crippen LogP) is -0.314. The molecule has 2 fully saturated rings. The molecule has 0 amide bonds. The van der Waals surface area contributed by atoms with Gasteiger partial charge in [-0.15, -0.1) is 0 Å². The summed E-state index contributed by atoms with van der Waals surface area (Å²) in [6.07, 6.45) is -4.15. The lowest BCUT2D eigenvalue weighted by atomic mass is 9.54. The van der Waals surface area contributed by atoms with E-state index in [1.54, 1.807) is 13.8 Å². The number of aliphatic hydroxyl groups is 6. The van der Waals surface area contributed by atoms with Gasteiger partial charge in [-0.05, 0) is 40.0 Å². The maximum atomic E-state index is 10.8. The second kappa shape index (κ2) is 8.16. The van der Waals surface area contributed by atoms with Crippen LogP contribution in [0.3, 0.4) is 0 Å². The summed E-state index contributed by atoms with van der Waals surface area (Å²) in [5.74, 6) is -0.523. The van der Waals surface area contributed by atoms with Crippen molar-refractivity contribution in [3.8, 4) is 0 Å². The third-order valence-electron chi connectivity index (χ3n) is 7.39. The number of fused-ring (bicyclic) bond motifs is 1. The molecule has 0 radical (unpaired) electrons. The zero-order valence-corrected chi connectivity index (χ0v) is 17.6. The molecule has 6 N–H and O–H groups in total. The van der Waals surface area contributed by atoms with Crippen LogP contribution in [0.25, 0.3) is 0 Å². The van der Waals surface area contributed by atoms with Gasteiger partial charge >= 0.3 is 0 Å². The molecular formula is C21H36O8. The largest absolute Gasteiger partial charge is 0.394 e. The average Bonchev–Trinajstić information content (AvgIpc) is 2.64. The Kier molecular flexibility index (Phi) is 6.50. The lowest BCUT2D eigenvalue weighted by Gasteiger charge is -2.56. The lowest BCUT2D eigenvalue weighted by molar-refractivity contribution is -0.329. The molecule has 8 nitrogen and oxygen atoms in total. The van der Waals surface area contributed by atoms with E-state index in [-0.39, 0.29) is 11.8 Å². The number of hydrogen-bond acceptors (Lipinski definition) is 8. The summed E-state index contributed by atoms with van der Waals surface area (Å²) in [7, 11) is 0. The highest BCUT2D eigenvalue weighted by molar-refractivity contribution is 5.21. The van der Waals surface area contributed by atoms with Crippen molar-refractivity contribution < 1.29 is 40.1 Å². The molecule has 0 bridgehead atoms. The molecular weight excluding hydrogens is 380 g/mol. The Bertz CT molecular complexity index is 614. The minimum absolute atomic E-state index is 0.219. The Hall–Kier alpha value is -0.580. The second-order valence-corrected chi connectivity index (χ2v) is 9.78. The number of rotatable bonds is 4. The number of ether oxygens (including phenoxy) is 2. The van der Waals surface area contributed by atoms with Crippen molar-refractivity contribution >= 4 is 0 Å². The molecule has 1 heterocycles. The van der Waals surface area contributed by atoms with E-state index in [4.69, 9.17) is 9.47 Å². The highest BCUT2D eigenvalue weighted by Gasteiger charge is 2.57. The Labute approximate surface area is 171 Å². The van der Waals surface area contributed by atoms with Gasteiger partial charge in [0.2, 0.25) is 0 Å². The van der Waals surface area contributed by atoms with Gasteiger partial charge in [-0.3, -0.25) is 0 Å². The summed E-state index contributed by atoms with van der Waals surface area (Å²) in [6.45, 7) is 6.88. The van der Waals surface area contributed by atoms with Gasteiger partial charge in [-0.25, -0.2) is 0 Å². The first kappa shape index (κ1) is 23.1. The molecule has 3 aliphatic rings. The summed E-state index contributed by atoms with van der Waals surface area (Å²) >= 11 is 0. The molecule has 2 aliphatic carbocycles. The van der Waals surface area contributed by atoms with Crippen molar-refractivity contribution in [1.29, 1.82) is 0 Å². The summed E-state index contributed by atoms with van der Waals surface area (Å²) < 4.78 is 11.8. The average molecular weight is 417 g/mol. The Morgan fingerprint density at radius 2 is 1.83 bits per heavy atom. The van der Waals surface area contributed by atoms with Crippen LogP contribution in [0.4, 0.5) is 0 Å². The normalized spacial score (nSPS) is 48.8. The maximum Gasteiger partial charge on any atom is 0.187 e. The summed E-state index contributed by atoms with van der Waals surface area (Å²) in [5.41, 5.74) is -0.497. The highest BCUT2D eigenvalue weighted by Crippen LogP contribution is 2.55. The molecule has 10 atom stereocenters. The van der Waals surface area contributed by atoms with Crippen molar-refractivity contribution in [1.82, 2.24) is 0 Å².